The number of rotatable bonds is 0. The lowest BCUT2D eigenvalue weighted by Gasteiger charge is -1.91. The van der Waals surface area contributed by atoms with E-state index in [9.17, 15) is 0 Å². The van der Waals surface area contributed by atoms with Gasteiger partial charge in [0.25, 0.3) is 0 Å². The molecule has 13 heavy (non-hydrogen) atoms. The SMILES string of the molecule is C#C.C/C=c1/ccc(C)c/c1=C/C. The molecule has 0 nitrogen and oxygen atoms in total. The lowest BCUT2D eigenvalue weighted by Crippen LogP contribution is -2.23. The van der Waals surface area contributed by atoms with E-state index in [2.05, 4.69) is 64.0 Å². The van der Waals surface area contributed by atoms with Gasteiger partial charge in [-0.2, -0.15) is 0 Å². The molecule has 1 aromatic rings. The molecule has 0 saturated carbocycles. The molecule has 0 heterocycles. The molecule has 1 aromatic carbocycles. The van der Waals surface area contributed by atoms with Crippen molar-refractivity contribution in [3.05, 3.63) is 34.2 Å². The molecule has 0 aliphatic rings. The van der Waals surface area contributed by atoms with Crippen LogP contribution in [0.4, 0.5) is 0 Å². The molecular weight excluding hydrogens is 156 g/mol. The Morgan fingerprint density at radius 1 is 1.00 bits per heavy atom. The molecule has 0 bridgehead atoms. The predicted octanol–water partition coefficient (Wildman–Crippen LogP) is 1.85. The minimum Gasteiger partial charge on any atom is -0.124 e. The average molecular weight is 172 g/mol. The highest BCUT2D eigenvalue weighted by Crippen LogP contribution is 1.85. The van der Waals surface area contributed by atoms with Crippen LogP contribution in [0.25, 0.3) is 12.2 Å². The Bertz CT molecular complexity index is 380. The largest absolute Gasteiger partial charge is 0.124 e. The molecule has 68 valence electrons. The van der Waals surface area contributed by atoms with Gasteiger partial charge in [-0.15, -0.1) is 12.8 Å². The molecule has 0 N–H and O–H groups in total. The summed E-state index contributed by atoms with van der Waals surface area (Å²) in [6, 6.07) is 6.50. The molecular formula is C13H16. The number of aryl methyl sites for hydroxylation is 1. The van der Waals surface area contributed by atoms with E-state index < -0.39 is 0 Å². The predicted molar refractivity (Wildman–Crippen MR) is 60.6 cm³/mol. The molecule has 0 fully saturated rings. The van der Waals surface area contributed by atoms with Crippen molar-refractivity contribution in [1.29, 1.82) is 0 Å². The quantitative estimate of drug-likeness (QED) is 0.524. The number of benzene rings is 1. The van der Waals surface area contributed by atoms with Crippen molar-refractivity contribution in [2.75, 3.05) is 0 Å². The van der Waals surface area contributed by atoms with Gasteiger partial charge >= 0.3 is 0 Å². The van der Waals surface area contributed by atoms with E-state index in [-0.39, 0.29) is 0 Å². The first kappa shape index (κ1) is 11.5. The lowest BCUT2D eigenvalue weighted by molar-refractivity contribution is 1.39. The highest BCUT2D eigenvalue weighted by atomic mass is 13.9. The topological polar surface area (TPSA) is 0 Å². The van der Waals surface area contributed by atoms with Gasteiger partial charge in [-0.25, -0.2) is 0 Å². The highest BCUT2D eigenvalue weighted by molar-refractivity contribution is 5.31. The molecule has 0 amide bonds. The molecule has 0 radical (unpaired) electrons. The summed E-state index contributed by atoms with van der Waals surface area (Å²) < 4.78 is 0. The molecule has 0 aliphatic carbocycles. The van der Waals surface area contributed by atoms with Crippen LogP contribution in [0.15, 0.2) is 18.2 Å². The van der Waals surface area contributed by atoms with E-state index in [0.29, 0.717) is 0 Å². The van der Waals surface area contributed by atoms with Crippen molar-refractivity contribution in [3.8, 4) is 12.8 Å². The maximum Gasteiger partial charge on any atom is -0.0227 e. The van der Waals surface area contributed by atoms with Crippen LogP contribution in [0.1, 0.15) is 19.4 Å². The van der Waals surface area contributed by atoms with Crippen LogP contribution in [-0.2, 0) is 0 Å². The van der Waals surface area contributed by atoms with Crippen LogP contribution in [-0.4, -0.2) is 0 Å². The lowest BCUT2D eigenvalue weighted by atomic mass is 10.1. The van der Waals surface area contributed by atoms with Crippen LogP contribution < -0.4 is 10.4 Å². The molecule has 0 saturated heterocycles. The Morgan fingerprint density at radius 2 is 1.54 bits per heavy atom. The Balaban J connectivity index is 0.000000671. The fourth-order valence-electron chi connectivity index (χ4n) is 1.21. The van der Waals surface area contributed by atoms with Gasteiger partial charge in [-0.3, -0.25) is 0 Å². The summed E-state index contributed by atoms with van der Waals surface area (Å²) in [4.78, 5) is 0. The molecule has 0 aliphatic heterocycles. The minimum absolute atomic E-state index is 1.32. The van der Waals surface area contributed by atoms with Crippen molar-refractivity contribution in [2.24, 2.45) is 0 Å². The second-order valence-electron chi connectivity index (χ2n) is 2.71. The summed E-state index contributed by atoms with van der Waals surface area (Å²) >= 11 is 0. The van der Waals surface area contributed by atoms with Crippen molar-refractivity contribution in [3.63, 3.8) is 0 Å². The fraction of sp³-hybridized carbons (Fsp3) is 0.231. The van der Waals surface area contributed by atoms with E-state index in [1.54, 1.807) is 0 Å². The first-order valence-electron chi connectivity index (χ1n) is 4.30. The van der Waals surface area contributed by atoms with Crippen LogP contribution >= 0.6 is 0 Å². The summed E-state index contributed by atoms with van der Waals surface area (Å²) in [7, 11) is 0. The first-order chi connectivity index (χ1) is 6.27. The maximum atomic E-state index is 4.00. The van der Waals surface area contributed by atoms with E-state index >= 15 is 0 Å². The van der Waals surface area contributed by atoms with Crippen LogP contribution in [0.5, 0.6) is 0 Å². The molecule has 0 unspecified atom stereocenters. The molecule has 1 rings (SSSR count). The van der Waals surface area contributed by atoms with Gasteiger partial charge < -0.3 is 0 Å². The Morgan fingerprint density at radius 3 is 2.00 bits per heavy atom. The number of terminal acetylenes is 1. The fourth-order valence-corrected chi connectivity index (χ4v) is 1.21. The maximum absolute atomic E-state index is 4.00. The average Bonchev–Trinajstić information content (AvgIpc) is 2.20. The smallest absolute Gasteiger partial charge is 0.0227 e. The minimum atomic E-state index is 1.32. The summed E-state index contributed by atoms with van der Waals surface area (Å²) in [5, 5.41) is 2.64. The third kappa shape index (κ3) is 3.17. The summed E-state index contributed by atoms with van der Waals surface area (Å²) in [5.74, 6) is 0. The second-order valence-corrected chi connectivity index (χ2v) is 2.71. The molecule has 0 spiro atoms. The highest BCUT2D eigenvalue weighted by Gasteiger charge is 1.83. The normalized spacial score (nSPS) is 12.1. The van der Waals surface area contributed by atoms with E-state index in [1.165, 1.54) is 16.0 Å². The van der Waals surface area contributed by atoms with Gasteiger partial charge in [-0.05, 0) is 31.2 Å². The van der Waals surface area contributed by atoms with E-state index in [0.717, 1.165) is 0 Å². The van der Waals surface area contributed by atoms with Crippen molar-refractivity contribution in [2.45, 2.75) is 20.8 Å². The van der Waals surface area contributed by atoms with Crippen LogP contribution in [0, 0.1) is 19.8 Å². The van der Waals surface area contributed by atoms with Crippen molar-refractivity contribution in [1.82, 2.24) is 0 Å². The van der Waals surface area contributed by atoms with Gasteiger partial charge in [-0.1, -0.05) is 35.9 Å². The van der Waals surface area contributed by atoms with Crippen LogP contribution in [0.2, 0.25) is 0 Å². The van der Waals surface area contributed by atoms with Gasteiger partial charge in [0.1, 0.15) is 0 Å². The van der Waals surface area contributed by atoms with Crippen molar-refractivity contribution >= 4 is 12.2 Å². The zero-order valence-corrected chi connectivity index (χ0v) is 8.54. The van der Waals surface area contributed by atoms with E-state index in [4.69, 9.17) is 0 Å². The number of hydrogen-bond acceptors (Lipinski definition) is 0. The molecule has 0 atom stereocenters. The summed E-state index contributed by atoms with van der Waals surface area (Å²) in [6.45, 7) is 6.26. The molecule has 0 heteroatoms. The zero-order valence-electron chi connectivity index (χ0n) is 8.54. The van der Waals surface area contributed by atoms with Crippen molar-refractivity contribution < 1.29 is 0 Å². The van der Waals surface area contributed by atoms with Gasteiger partial charge in [0.2, 0.25) is 0 Å². The first-order valence-corrected chi connectivity index (χ1v) is 4.30. The van der Waals surface area contributed by atoms with Gasteiger partial charge in [0.15, 0.2) is 0 Å². The third-order valence-electron chi connectivity index (χ3n) is 1.86. The standard InChI is InChI=1S/C11H14.C2H2/c1-4-10-7-6-9(3)8-11(10)5-2;1-2/h4-8H,1-3H3;1-2H/b10-4-,11-5-;. The molecule has 0 aromatic heterocycles. The second kappa shape index (κ2) is 6.08. The van der Waals surface area contributed by atoms with Gasteiger partial charge in [0.05, 0.1) is 0 Å². The third-order valence-corrected chi connectivity index (χ3v) is 1.86. The van der Waals surface area contributed by atoms with E-state index in [1.807, 2.05) is 0 Å². The summed E-state index contributed by atoms with van der Waals surface area (Å²) in [6.07, 6.45) is 12.3. The van der Waals surface area contributed by atoms with Crippen LogP contribution in [0.3, 0.4) is 0 Å². The zero-order chi connectivity index (χ0) is 10.3. The number of hydrogen-bond donors (Lipinski definition) is 0. The monoisotopic (exact) mass is 172 g/mol. The van der Waals surface area contributed by atoms with Gasteiger partial charge in [0, 0.05) is 0 Å². The summed E-state index contributed by atoms with van der Waals surface area (Å²) in [5.41, 5.74) is 1.32. The Labute approximate surface area is 80.6 Å². The Hall–Kier alpha value is -1.48. The Kier molecular flexibility index (Phi) is 5.39.